The highest BCUT2D eigenvalue weighted by molar-refractivity contribution is 9.10. The Morgan fingerprint density at radius 1 is 1.40 bits per heavy atom. The van der Waals surface area contributed by atoms with Gasteiger partial charge < -0.3 is 9.84 Å². The molecule has 0 aromatic heterocycles. The van der Waals surface area contributed by atoms with E-state index in [2.05, 4.69) is 37.7 Å². The number of fused-ring (bicyclic) bond motifs is 1. The van der Waals surface area contributed by atoms with E-state index in [9.17, 15) is 14.7 Å². The molecule has 1 atom stereocenters. The molecule has 0 spiro atoms. The number of carbonyl (C=O) groups excluding carboxylic acids is 2. The van der Waals surface area contributed by atoms with E-state index >= 15 is 0 Å². The number of halogens is 1. The van der Waals surface area contributed by atoms with Crippen LogP contribution in [0.1, 0.15) is 12.5 Å². The Morgan fingerprint density at radius 3 is 2.73 bits per heavy atom. The number of guanidine groups is 1. The van der Waals surface area contributed by atoms with Crippen molar-refractivity contribution in [2.45, 2.75) is 13.0 Å². The lowest BCUT2D eigenvalue weighted by Crippen LogP contribution is -2.64. The van der Waals surface area contributed by atoms with Crippen LogP contribution in [0.25, 0.3) is 0 Å². The molecular weight excluding hydrogens is 456 g/mol. The van der Waals surface area contributed by atoms with E-state index in [-0.39, 0.29) is 17.4 Å². The van der Waals surface area contributed by atoms with Crippen LogP contribution in [0.4, 0.5) is 4.79 Å². The van der Waals surface area contributed by atoms with Crippen LogP contribution in [0.15, 0.2) is 33.9 Å². The fourth-order valence-corrected chi connectivity index (χ4v) is 3.58. The second-order valence-electron chi connectivity index (χ2n) is 6.92. The van der Waals surface area contributed by atoms with Crippen LogP contribution in [0.5, 0.6) is 11.5 Å². The SMILES string of the molecule is C=C(C)CN1C(N/N=C/c2cc(Br)c([O-])c(OC)c2)=[N+]=C2C1C(=O)N(C)C(=O)N2C. The Hall–Kier alpha value is -3.30. The lowest BCUT2D eigenvalue weighted by molar-refractivity contribution is -0.271. The van der Waals surface area contributed by atoms with Crippen LogP contribution >= 0.6 is 15.9 Å². The van der Waals surface area contributed by atoms with Crippen molar-refractivity contribution in [2.24, 2.45) is 5.10 Å². The van der Waals surface area contributed by atoms with Crippen LogP contribution in [0, 0.1) is 0 Å². The molecule has 3 amide bonds. The van der Waals surface area contributed by atoms with Gasteiger partial charge in [0, 0.05) is 17.1 Å². The third-order valence-corrected chi connectivity index (χ3v) is 5.19. The molecule has 3 rings (SSSR count). The van der Waals surface area contributed by atoms with Gasteiger partial charge in [0.2, 0.25) is 6.04 Å². The van der Waals surface area contributed by atoms with Gasteiger partial charge in [0.15, 0.2) is 0 Å². The minimum absolute atomic E-state index is 0.184. The molecule has 30 heavy (non-hydrogen) atoms. The van der Waals surface area contributed by atoms with Gasteiger partial charge in [-0.15, -0.1) is 5.10 Å². The number of benzene rings is 1. The van der Waals surface area contributed by atoms with Crippen LogP contribution < -0.4 is 19.9 Å². The van der Waals surface area contributed by atoms with Gasteiger partial charge in [-0.2, -0.15) is 5.43 Å². The summed E-state index contributed by atoms with van der Waals surface area (Å²) < 4.78 is 9.84. The number of hydrazone groups is 1. The van der Waals surface area contributed by atoms with Crippen molar-refractivity contribution in [2.75, 3.05) is 27.7 Å². The Morgan fingerprint density at radius 2 is 2.10 bits per heavy atom. The topological polar surface area (TPSA) is 115 Å². The van der Waals surface area contributed by atoms with Gasteiger partial charge in [-0.1, -0.05) is 33.8 Å². The van der Waals surface area contributed by atoms with Crippen molar-refractivity contribution >= 4 is 45.9 Å². The van der Waals surface area contributed by atoms with Crippen molar-refractivity contribution in [3.8, 4) is 11.5 Å². The highest BCUT2D eigenvalue weighted by Crippen LogP contribution is 2.32. The zero-order chi connectivity index (χ0) is 22.2. The predicted molar refractivity (Wildman–Crippen MR) is 114 cm³/mol. The van der Waals surface area contributed by atoms with Crippen molar-refractivity contribution in [1.82, 2.24) is 24.8 Å². The summed E-state index contributed by atoms with van der Waals surface area (Å²) in [6, 6.07) is 1.96. The van der Waals surface area contributed by atoms with Crippen LogP contribution in [0.3, 0.4) is 0 Å². The Labute approximate surface area is 182 Å². The van der Waals surface area contributed by atoms with Crippen molar-refractivity contribution < 1.29 is 19.4 Å². The number of hydrogen-bond acceptors (Lipinski definition) is 7. The van der Waals surface area contributed by atoms with Crippen molar-refractivity contribution in [3.63, 3.8) is 0 Å². The zero-order valence-electron chi connectivity index (χ0n) is 17.0. The molecule has 11 heteroatoms. The first-order valence-corrected chi connectivity index (χ1v) is 9.70. The van der Waals surface area contributed by atoms with Crippen LogP contribution in [-0.4, -0.2) is 78.4 Å². The number of carbonyl (C=O) groups is 2. The largest absolute Gasteiger partial charge is 0.869 e. The molecule has 2 heterocycles. The van der Waals surface area contributed by atoms with Gasteiger partial charge in [0.05, 0.1) is 26.9 Å². The summed E-state index contributed by atoms with van der Waals surface area (Å²) >= 11 is 3.20. The van der Waals surface area contributed by atoms with E-state index in [0.717, 1.165) is 10.5 Å². The monoisotopic (exact) mass is 476 g/mol. The number of amides is 3. The molecule has 0 bridgehead atoms. The molecule has 1 fully saturated rings. The number of nitrogens with zero attached hydrogens (tertiary/aromatic N) is 5. The summed E-state index contributed by atoms with van der Waals surface area (Å²) in [6.45, 7) is 6.09. The number of urea groups is 1. The van der Waals surface area contributed by atoms with E-state index in [4.69, 9.17) is 4.74 Å². The number of rotatable bonds is 5. The first-order chi connectivity index (χ1) is 14.1. The number of methoxy groups -OCH3 is 1. The van der Waals surface area contributed by atoms with Gasteiger partial charge in [0.1, 0.15) is 5.75 Å². The minimum Gasteiger partial charge on any atom is -0.869 e. The molecule has 0 radical (unpaired) electrons. The lowest BCUT2D eigenvalue weighted by Gasteiger charge is -2.31. The van der Waals surface area contributed by atoms with Crippen LogP contribution in [-0.2, 0) is 4.79 Å². The van der Waals surface area contributed by atoms with Gasteiger partial charge in [0.25, 0.3) is 5.91 Å². The summed E-state index contributed by atoms with van der Waals surface area (Å²) in [4.78, 5) is 29.1. The van der Waals surface area contributed by atoms with Gasteiger partial charge in [-0.3, -0.25) is 9.69 Å². The summed E-state index contributed by atoms with van der Waals surface area (Å²) in [7, 11) is 4.41. The molecule has 1 aromatic carbocycles. The predicted octanol–water partition coefficient (Wildman–Crippen LogP) is 0.0606. The average Bonchev–Trinajstić information content (AvgIpc) is 3.05. The average molecular weight is 477 g/mol. The molecule has 2 aliphatic heterocycles. The molecular formula is C19H21BrN6O4. The third-order valence-electron chi connectivity index (χ3n) is 4.60. The smallest absolute Gasteiger partial charge is 0.421 e. The second kappa shape index (κ2) is 8.21. The number of hydrogen-bond donors (Lipinski definition) is 1. The normalized spacial score (nSPS) is 18.6. The maximum absolute atomic E-state index is 12.7. The first-order valence-electron chi connectivity index (χ1n) is 8.91. The maximum atomic E-state index is 12.7. The Bertz CT molecular complexity index is 1030. The number of amidine groups is 1. The van der Waals surface area contributed by atoms with E-state index < -0.39 is 12.1 Å². The highest BCUT2D eigenvalue weighted by atomic mass is 79.9. The van der Waals surface area contributed by atoms with E-state index in [0.29, 0.717) is 28.4 Å². The van der Waals surface area contributed by atoms with Crippen molar-refractivity contribution in [3.05, 3.63) is 34.3 Å². The molecule has 1 N–H and O–H groups in total. The fraction of sp³-hybridized carbons (Fsp3) is 0.316. The molecule has 2 aliphatic rings. The summed E-state index contributed by atoms with van der Waals surface area (Å²) in [5.41, 5.74) is 4.25. The van der Waals surface area contributed by atoms with E-state index in [1.165, 1.54) is 25.3 Å². The highest BCUT2D eigenvalue weighted by Gasteiger charge is 2.54. The summed E-state index contributed by atoms with van der Waals surface area (Å²) in [6.07, 6.45) is 1.49. The van der Waals surface area contributed by atoms with Crippen molar-refractivity contribution in [1.29, 1.82) is 0 Å². The zero-order valence-corrected chi connectivity index (χ0v) is 18.6. The minimum atomic E-state index is -0.749. The molecule has 0 saturated carbocycles. The van der Waals surface area contributed by atoms with Gasteiger partial charge in [-0.25, -0.2) is 19.3 Å². The Balaban J connectivity index is 1.90. The molecule has 1 aromatic rings. The van der Waals surface area contributed by atoms with E-state index in [1.54, 1.807) is 24.1 Å². The summed E-state index contributed by atoms with van der Waals surface area (Å²) in [5.74, 6) is 0.180. The fourth-order valence-electron chi connectivity index (χ4n) is 3.12. The number of ether oxygens (including phenoxy) is 1. The van der Waals surface area contributed by atoms with E-state index in [1.807, 2.05) is 6.92 Å². The second-order valence-corrected chi connectivity index (χ2v) is 7.78. The molecule has 10 nitrogen and oxygen atoms in total. The molecule has 158 valence electrons. The van der Waals surface area contributed by atoms with Crippen LogP contribution in [0.2, 0.25) is 0 Å². The maximum Gasteiger partial charge on any atom is 0.421 e. The van der Waals surface area contributed by atoms with Gasteiger partial charge in [-0.05, 0) is 19.1 Å². The quantitative estimate of drug-likeness (QED) is 0.278. The first kappa shape index (κ1) is 21.4. The lowest BCUT2D eigenvalue weighted by atomic mass is 10.1. The standard InChI is InChI=1S/C19H21BrN6O4/c1-10(2)9-26-14-16(24(3)19(29)25(4)17(14)28)22-18(26)23-21-8-11-6-12(20)15(27)13(7-11)30-5/h6-8,14H,1,9H2,2-5H3,(H,21,27). The third kappa shape index (κ3) is 3.77. The summed E-state index contributed by atoms with van der Waals surface area (Å²) in [5, 5.41) is 16.1. The molecule has 1 unspecified atom stereocenters. The molecule has 0 aliphatic carbocycles. The molecule has 1 saturated heterocycles. The number of imide groups is 1. The number of likely N-dealkylation sites (N-methyl/N-ethyl adjacent to an activating group) is 2. The Kier molecular flexibility index (Phi) is 5.86. The van der Waals surface area contributed by atoms with Gasteiger partial charge >= 0.3 is 17.8 Å². The number of nitrogens with one attached hydrogen (secondary N) is 1.